The van der Waals surface area contributed by atoms with Gasteiger partial charge in [-0.25, -0.2) is 13.8 Å². The number of nitrogens with one attached hydrogen (secondary N) is 1. The molecular weight excluding hydrogens is 392 g/mol. The Labute approximate surface area is 169 Å². The van der Waals surface area contributed by atoms with E-state index >= 15 is 0 Å². The number of hydrogen-bond donors (Lipinski definition) is 2. The third-order valence-corrected chi connectivity index (χ3v) is 4.30. The Morgan fingerprint density at radius 1 is 1.10 bits per heavy atom. The van der Waals surface area contributed by atoms with Crippen molar-refractivity contribution >= 4 is 17.4 Å². The molecule has 2 aromatic heterocycles. The summed E-state index contributed by atoms with van der Waals surface area (Å²) in [5.41, 5.74) is 8.22. The Morgan fingerprint density at radius 3 is 2.70 bits per heavy atom. The van der Waals surface area contributed by atoms with E-state index in [1.165, 1.54) is 23.7 Å². The monoisotopic (exact) mass is 407 g/mol. The van der Waals surface area contributed by atoms with Crippen molar-refractivity contribution in [1.82, 2.24) is 25.2 Å². The number of nitrogens with zero attached hydrogens (tertiary/aromatic N) is 5. The van der Waals surface area contributed by atoms with Gasteiger partial charge in [-0.1, -0.05) is 18.2 Å². The standard InChI is InChI=1S/C20H15F2N7O/c1-11(30)25-14-5-2-4-12(8-14)13-9-17(19(23)24-10-13)29-20(26-27-28-29)15-6-3-7-16(21)18(15)22/h2-10H,1H3,(H2,23,24)(H,25,30). The second kappa shape index (κ2) is 7.66. The fourth-order valence-electron chi connectivity index (χ4n) is 2.96. The molecule has 150 valence electrons. The van der Waals surface area contributed by atoms with Crippen LogP contribution in [0.2, 0.25) is 0 Å². The molecule has 3 N–H and O–H groups in total. The number of benzene rings is 2. The second-order valence-corrected chi connectivity index (χ2v) is 6.41. The largest absolute Gasteiger partial charge is 0.382 e. The van der Waals surface area contributed by atoms with Gasteiger partial charge in [-0.3, -0.25) is 4.79 Å². The quantitative estimate of drug-likeness (QED) is 0.537. The number of hydrogen-bond acceptors (Lipinski definition) is 6. The van der Waals surface area contributed by atoms with Crippen molar-refractivity contribution in [2.45, 2.75) is 6.92 Å². The minimum Gasteiger partial charge on any atom is -0.382 e. The number of pyridine rings is 1. The van der Waals surface area contributed by atoms with Gasteiger partial charge in [-0.15, -0.1) is 5.10 Å². The number of aromatic nitrogens is 5. The lowest BCUT2D eigenvalue weighted by molar-refractivity contribution is -0.114. The fraction of sp³-hybridized carbons (Fsp3) is 0.0500. The highest BCUT2D eigenvalue weighted by Gasteiger charge is 2.19. The molecule has 2 aromatic carbocycles. The van der Waals surface area contributed by atoms with Crippen molar-refractivity contribution in [3.63, 3.8) is 0 Å². The van der Waals surface area contributed by atoms with Gasteiger partial charge in [0.05, 0.1) is 5.56 Å². The van der Waals surface area contributed by atoms with Gasteiger partial charge in [0.2, 0.25) is 5.91 Å². The Balaban J connectivity index is 1.81. The maximum absolute atomic E-state index is 14.3. The van der Waals surface area contributed by atoms with Crippen molar-refractivity contribution in [2.24, 2.45) is 0 Å². The topological polar surface area (TPSA) is 112 Å². The van der Waals surface area contributed by atoms with Crippen LogP contribution < -0.4 is 11.1 Å². The SMILES string of the molecule is CC(=O)Nc1cccc(-c2cnc(N)c(-n3nnnc3-c3cccc(F)c3F)c2)c1. The first-order valence-electron chi connectivity index (χ1n) is 8.80. The molecule has 0 spiro atoms. The normalized spacial score (nSPS) is 10.8. The predicted molar refractivity (Wildman–Crippen MR) is 106 cm³/mol. The number of carbonyl (C=O) groups is 1. The molecule has 0 unspecified atom stereocenters. The van der Waals surface area contributed by atoms with E-state index in [-0.39, 0.29) is 23.1 Å². The van der Waals surface area contributed by atoms with Crippen LogP contribution in [0.4, 0.5) is 20.3 Å². The molecule has 0 aliphatic carbocycles. The molecular formula is C20H15F2N7O. The number of rotatable bonds is 4. The molecule has 4 rings (SSSR count). The van der Waals surface area contributed by atoms with Crippen LogP contribution in [-0.4, -0.2) is 31.1 Å². The Kier molecular flexibility index (Phi) is 4.88. The summed E-state index contributed by atoms with van der Waals surface area (Å²) in [7, 11) is 0. The number of nitrogen functional groups attached to an aromatic ring is 1. The number of anilines is 2. The average Bonchev–Trinajstić information content (AvgIpc) is 3.19. The molecule has 10 heteroatoms. The summed E-state index contributed by atoms with van der Waals surface area (Å²) in [6.45, 7) is 1.42. The molecule has 0 radical (unpaired) electrons. The van der Waals surface area contributed by atoms with Gasteiger partial charge in [0.15, 0.2) is 17.5 Å². The lowest BCUT2D eigenvalue weighted by atomic mass is 10.1. The summed E-state index contributed by atoms with van der Waals surface area (Å²) in [6.07, 6.45) is 1.55. The van der Waals surface area contributed by atoms with E-state index in [2.05, 4.69) is 25.8 Å². The van der Waals surface area contributed by atoms with Crippen LogP contribution in [0.5, 0.6) is 0 Å². The molecule has 0 saturated heterocycles. The lowest BCUT2D eigenvalue weighted by Gasteiger charge is -2.11. The van der Waals surface area contributed by atoms with Crippen molar-refractivity contribution in [3.8, 4) is 28.2 Å². The zero-order valence-electron chi connectivity index (χ0n) is 15.7. The van der Waals surface area contributed by atoms with Crippen LogP contribution in [0.1, 0.15) is 6.92 Å². The third-order valence-electron chi connectivity index (χ3n) is 4.30. The summed E-state index contributed by atoms with van der Waals surface area (Å²) in [4.78, 5) is 15.5. The van der Waals surface area contributed by atoms with Crippen molar-refractivity contribution in [1.29, 1.82) is 0 Å². The van der Waals surface area contributed by atoms with Gasteiger partial charge < -0.3 is 11.1 Å². The maximum atomic E-state index is 14.3. The summed E-state index contributed by atoms with van der Waals surface area (Å²) in [6, 6.07) is 12.5. The van der Waals surface area contributed by atoms with E-state index in [0.717, 1.165) is 11.6 Å². The molecule has 0 fully saturated rings. The lowest BCUT2D eigenvalue weighted by Crippen LogP contribution is -2.07. The zero-order valence-corrected chi connectivity index (χ0v) is 15.7. The minimum atomic E-state index is -1.07. The molecule has 8 nitrogen and oxygen atoms in total. The van der Waals surface area contributed by atoms with Gasteiger partial charge in [-0.05, 0) is 46.3 Å². The second-order valence-electron chi connectivity index (χ2n) is 6.41. The number of amides is 1. The van der Waals surface area contributed by atoms with Crippen LogP contribution in [0.15, 0.2) is 54.7 Å². The number of tetrazole rings is 1. The summed E-state index contributed by atoms with van der Waals surface area (Å²) >= 11 is 0. The molecule has 0 saturated carbocycles. The van der Waals surface area contributed by atoms with Crippen molar-refractivity contribution in [3.05, 3.63) is 66.4 Å². The maximum Gasteiger partial charge on any atom is 0.221 e. The number of nitrogens with two attached hydrogens (primary N) is 1. The van der Waals surface area contributed by atoms with Gasteiger partial charge in [0.25, 0.3) is 0 Å². The summed E-state index contributed by atoms with van der Waals surface area (Å²) in [5, 5.41) is 14.0. The van der Waals surface area contributed by atoms with E-state index < -0.39 is 11.6 Å². The molecule has 30 heavy (non-hydrogen) atoms. The van der Waals surface area contributed by atoms with Gasteiger partial charge in [0, 0.05) is 24.4 Å². The molecule has 4 aromatic rings. The molecule has 0 bridgehead atoms. The van der Waals surface area contributed by atoms with Gasteiger partial charge in [-0.2, -0.15) is 4.68 Å². The molecule has 0 atom stereocenters. The van der Waals surface area contributed by atoms with Crippen molar-refractivity contribution < 1.29 is 13.6 Å². The van der Waals surface area contributed by atoms with E-state index in [4.69, 9.17) is 5.73 Å². The third kappa shape index (κ3) is 3.58. The fourth-order valence-corrected chi connectivity index (χ4v) is 2.96. The van der Waals surface area contributed by atoms with E-state index in [1.807, 2.05) is 6.07 Å². The first kappa shape index (κ1) is 19.1. The van der Waals surface area contributed by atoms with Crippen LogP contribution in [0.25, 0.3) is 28.2 Å². The minimum absolute atomic E-state index is 0.0235. The predicted octanol–water partition coefficient (Wildman–Crippen LogP) is 3.21. The number of carbonyl (C=O) groups excluding carboxylic acids is 1. The molecule has 0 aliphatic rings. The van der Waals surface area contributed by atoms with E-state index in [0.29, 0.717) is 16.9 Å². The highest BCUT2D eigenvalue weighted by Crippen LogP contribution is 2.29. The van der Waals surface area contributed by atoms with Crippen LogP contribution in [-0.2, 0) is 4.79 Å². The molecule has 0 aliphatic heterocycles. The van der Waals surface area contributed by atoms with Crippen LogP contribution in [0.3, 0.4) is 0 Å². The van der Waals surface area contributed by atoms with E-state index in [1.54, 1.807) is 30.5 Å². The summed E-state index contributed by atoms with van der Waals surface area (Å²) < 4.78 is 29.2. The average molecular weight is 407 g/mol. The zero-order chi connectivity index (χ0) is 21.3. The van der Waals surface area contributed by atoms with E-state index in [9.17, 15) is 13.6 Å². The first-order valence-corrected chi connectivity index (χ1v) is 8.80. The first-order chi connectivity index (χ1) is 14.4. The molecule has 2 heterocycles. The Hall–Kier alpha value is -4.21. The Morgan fingerprint density at radius 2 is 1.90 bits per heavy atom. The highest BCUT2D eigenvalue weighted by molar-refractivity contribution is 5.89. The van der Waals surface area contributed by atoms with Gasteiger partial charge >= 0.3 is 0 Å². The number of halogens is 2. The van der Waals surface area contributed by atoms with Crippen LogP contribution >= 0.6 is 0 Å². The molecule has 1 amide bonds. The smallest absolute Gasteiger partial charge is 0.221 e. The Bertz CT molecular complexity index is 1260. The highest BCUT2D eigenvalue weighted by atomic mass is 19.2. The van der Waals surface area contributed by atoms with Crippen molar-refractivity contribution in [2.75, 3.05) is 11.1 Å². The van der Waals surface area contributed by atoms with Crippen LogP contribution in [0, 0.1) is 11.6 Å². The summed E-state index contributed by atoms with van der Waals surface area (Å²) in [5.74, 6) is -2.21. The van der Waals surface area contributed by atoms with Gasteiger partial charge in [0.1, 0.15) is 11.5 Å².